The molecule has 0 spiro atoms. The summed E-state index contributed by atoms with van der Waals surface area (Å²) in [5.74, 6) is -0.450. The Balaban J connectivity index is 1.74. The monoisotopic (exact) mass is 443 g/mol. The molecule has 0 unspecified atom stereocenters. The van der Waals surface area contributed by atoms with E-state index in [1.54, 1.807) is 18.4 Å². The number of aromatic nitrogens is 2. The van der Waals surface area contributed by atoms with E-state index >= 15 is 0 Å². The minimum Gasteiger partial charge on any atom is -0.463 e. The van der Waals surface area contributed by atoms with Gasteiger partial charge in [0.25, 0.3) is 5.56 Å². The standard InChI is InChI=1S/C25H21N3O3S/c1-3-31-24(30)21-15(2)27-25-28(22(21)16-9-5-4-6-10-16)23(29)20(32-25)13-17-14-26-19-12-8-7-11-18(17)19/h4-14,22,26H,3H2,1-2H3/b20-13+/t22-/m0/s1. The number of nitrogens with one attached hydrogen (secondary N) is 1. The predicted octanol–water partition coefficient (Wildman–Crippen LogP) is 3.28. The number of hydrogen-bond acceptors (Lipinski definition) is 5. The summed E-state index contributed by atoms with van der Waals surface area (Å²) >= 11 is 1.33. The van der Waals surface area contributed by atoms with Gasteiger partial charge in [-0.3, -0.25) is 9.36 Å². The molecule has 1 atom stereocenters. The molecule has 3 heterocycles. The smallest absolute Gasteiger partial charge is 0.338 e. The van der Waals surface area contributed by atoms with Gasteiger partial charge in [-0.25, -0.2) is 9.79 Å². The molecule has 0 saturated heterocycles. The quantitative estimate of drug-likeness (QED) is 0.492. The fraction of sp³-hybridized carbons (Fsp3) is 0.160. The molecule has 4 aromatic rings. The van der Waals surface area contributed by atoms with Crippen LogP contribution in [-0.2, 0) is 9.53 Å². The number of nitrogens with zero attached hydrogens (tertiary/aromatic N) is 2. The van der Waals surface area contributed by atoms with E-state index in [4.69, 9.17) is 4.74 Å². The summed E-state index contributed by atoms with van der Waals surface area (Å²) in [6, 6.07) is 16.9. The second-order valence-corrected chi connectivity index (χ2v) is 8.51. The third-order valence-corrected chi connectivity index (χ3v) is 6.52. The van der Waals surface area contributed by atoms with E-state index in [9.17, 15) is 9.59 Å². The van der Waals surface area contributed by atoms with Crippen molar-refractivity contribution in [2.45, 2.75) is 19.9 Å². The van der Waals surface area contributed by atoms with E-state index in [1.165, 1.54) is 11.3 Å². The Labute approximate surface area is 187 Å². The number of rotatable bonds is 4. The highest BCUT2D eigenvalue weighted by Crippen LogP contribution is 2.30. The van der Waals surface area contributed by atoms with Crippen molar-refractivity contribution < 1.29 is 9.53 Å². The van der Waals surface area contributed by atoms with Crippen LogP contribution in [0.2, 0.25) is 0 Å². The van der Waals surface area contributed by atoms with Gasteiger partial charge in [0.05, 0.1) is 28.5 Å². The van der Waals surface area contributed by atoms with Crippen molar-refractivity contribution in [2.24, 2.45) is 4.99 Å². The van der Waals surface area contributed by atoms with Crippen LogP contribution in [0.15, 0.2) is 81.9 Å². The van der Waals surface area contributed by atoms with Gasteiger partial charge in [-0.2, -0.15) is 0 Å². The summed E-state index contributed by atoms with van der Waals surface area (Å²) in [4.78, 5) is 34.9. The van der Waals surface area contributed by atoms with Crippen molar-refractivity contribution in [2.75, 3.05) is 6.61 Å². The molecule has 0 fully saturated rings. The topological polar surface area (TPSA) is 76.4 Å². The molecule has 2 aromatic carbocycles. The summed E-state index contributed by atoms with van der Waals surface area (Å²) in [6.07, 6.45) is 3.78. The van der Waals surface area contributed by atoms with Crippen molar-refractivity contribution in [3.8, 4) is 0 Å². The Hall–Kier alpha value is -3.71. The predicted molar refractivity (Wildman–Crippen MR) is 125 cm³/mol. The number of carbonyl (C=O) groups excluding carboxylic acids is 1. The first kappa shape index (κ1) is 20.2. The van der Waals surface area contributed by atoms with E-state index in [0.717, 1.165) is 22.0 Å². The number of H-pyrrole nitrogens is 1. The van der Waals surface area contributed by atoms with E-state index in [-0.39, 0.29) is 12.2 Å². The van der Waals surface area contributed by atoms with Crippen molar-refractivity contribution in [3.05, 3.63) is 103 Å². The Morgan fingerprint density at radius 1 is 1.19 bits per heavy atom. The van der Waals surface area contributed by atoms with Crippen LogP contribution in [-0.4, -0.2) is 22.1 Å². The molecule has 0 saturated carbocycles. The van der Waals surface area contributed by atoms with Gasteiger partial charge < -0.3 is 9.72 Å². The second-order valence-electron chi connectivity index (χ2n) is 7.50. The molecule has 32 heavy (non-hydrogen) atoms. The first-order valence-electron chi connectivity index (χ1n) is 10.4. The van der Waals surface area contributed by atoms with Gasteiger partial charge in [0, 0.05) is 22.7 Å². The Morgan fingerprint density at radius 2 is 1.94 bits per heavy atom. The molecule has 1 aliphatic rings. The van der Waals surface area contributed by atoms with Crippen LogP contribution in [0, 0.1) is 0 Å². The van der Waals surface area contributed by atoms with Crippen LogP contribution >= 0.6 is 11.3 Å². The zero-order valence-corrected chi connectivity index (χ0v) is 18.5. The number of para-hydroxylation sites is 1. The number of benzene rings is 2. The number of ether oxygens (including phenoxy) is 1. The summed E-state index contributed by atoms with van der Waals surface area (Å²) in [6.45, 7) is 3.81. The van der Waals surface area contributed by atoms with Gasteiger partial charge in [0.2, 0.25) is 0 Å². The van der Waals surface area contributed by atoms with Crippen molar-refractivity contribution in [3.63, 3.8) is 0 Å². The highest BCUT2D eigenvalue weighted by Gasteiger charge is 2.33. The van der Waals surface area contributed by atoms with E-state index in [2.05, 4.69) is 9.98 Å². The molecule has 0 aliphatic carbocycles. The SMILES string of the molecule is CCOC(=O)C1=C(C)N=c2s/c(=C/c3c[nH]c4ccccc34)c(=O)n2[C@H]1c1ccccc1. The van der Waals surface area contributed by atoms with Crippen molar-refractivity contribution >= 4 is 34.3 Å². The first-order valence-corrected chi connectivity index (χ1v) is 11.2. The van der Waals surface area contributed by atoms with Crippen LogP contribution in [0.4, 0.5) is 0 Å². The fourth-order valence-electron chi connectivity index (χ4n) is 4.10. The minimum absolute atomic E-state index is 0.179. The number of carbonyl (C=O) groups is 1. The summed E-state index contributed by atoms with van der Waals surface area (Å²) < 4.78 is 7.49. The van der Waals surface area contributed by atoms with Gasteiger partial charge in [0.15, 0.2) is 4.80 Å². The van der Waals surface area contributed by atoms with Crippen LogP contribution in [0.5, 0.6) is 0 Å². The molecule has 5 rings (SSSR count). The number of hydrogen-bond donors (Lipinski definition) is 1. The average molecular weight is 444 g/mol. The lowest BCUT2D eigenvalue weighted by molar-refractivity contribution is -0.139. The van der Waals surface area contributed by atoms with Gasteiger partial charge >= 0.3 is 5.97 Å². The van der Waals surface area contributed by atoms with Gasteiger partial charge in [-0.15, -0.1) is 0 Å². The van der Waals surface area contributed by atoms with Gasteiger partial charge in [-0.05, 0) is 31.6 Å². The molecule has 1 N–H and O–H groups in total. The molecule has 0 bridgehead atoms. The molecule has 2 aromatic heterocycles. The van der Waals surface area contributed by atoms with Crippen LogP contribution in [0.1, 0.15) is 31.0 Å². The van der Waals surface area contributed by atoms with Crippen LogP contribution in [0.25, 0.3) is 17.0 Å². The number of esters is 1. The minimum atomic E-state index is -0.586. The maximum absolute atomic E-state index is 13.6. The van der Waals surface area contributed by atoms with Crippen molar-refractivity contribution in [1.29, 1.82) is 0 Å². The molecule has 1 aliphatic heterocycles. The largest absolute Gasteiger partial charge is 0.463 e. The molecular formula is C25H21N3O3S. The van der Waals surface area contributed by atoms with Gasteiger partial charge in [0.1, 0.15) is 0 Å². The number of fused-ring (bicyclic) bond motifs is 2. The number of thiazole rings is 1. The normalized spacial score (nSPS) is 16.2. The zero-order chi connectivity index (χ0) is 22.2. The summed E-state index contributed by atoms with van der Waals surface area (Å²) in [7, 11) is 0. The second kappa shape index (κ2) is 8.09. The summed E-state index contributed by atoms with van der Waals surface area (Å²) in [5.41, 5.74) is 3.56. The Kier molecular flexibility index (Phi) is 5.11. The lowest BCUT2D eigenvalue weighted by Gasteiger charge is -2.24. The Morgan fingerprint density at radius 3 is 2.72 bits per heavy atom. The molecular weight excluding hydrogens is 422 g/mol. The molecule has 0 radical (unpaired) electrons. The Bertz CT molecular complexity index is 1540. The van der Waals surface area contributed by atoms with Crippen LogP contribution in [0.3, 0.4) is 0 Å². The highest BCUT2D eigenvalue weighted by atomic mass is 32.1. The molecule has 7 heteroatoms. The maximum Gasteiger partial charge on any atom is 0.338 e. The van der Waals surface area contributed by atoms with Crippen molar-refractivity contribution in [1.82, 2.24) is 9.55 Å². The third-order valence-electron chi connectivity index (χ3n) is 5.54. The number of aromatic amines is 1. The lowest BCUT2D eigenvalue weighted by Crippen LogP contribution is -2.39. The molecule has 160 valence electrons. The maximum atomic E-state index is 13.6. The highest BCUT2D eigenvalue weighted by molar-refractivity contribution is 7.07. The lowest BCUT2D eigenvalue weighted by atomic mass is 9.96. The van der Waals surface area contributed by atoms with E-state index in [0.29, 0.717) is 20.6 Å². The zero-order valence-electron chi connectivity index (χ0n) is 17.7. The molecule has 6 nitrogen and oxygen atoms in total. The first-order chi connectivity index (χ1) is 15.6. The third kappa shape index (κ3) is 3.31. The van der Waals surface area contributed by atoms with Gasteiger partial charge in [-0.1, -0.05) is 59.9 Å². The van der Waals surface area contributed by atoms with E-state index < -0.39 is 12.0 Å². The fourth-order valence-corrected chi connectivity index (χ4v) is 5.13. The van der Waals surface area contributed by atoms with Crippen LogP contribution < -0.4 is 14.9 Å². The molecule has 0 amide bonds. The number of allylic oxidation sites excluding steroid dienone is 1. The van der Waals surface area contributed by atoms with E-state index in [1.807, 2.05) is 66.9 Å². The average Bonchev–Trinajstić information content (AvgIpc) is 3.34. The summed E-state index contributed by atoms with van der Waals surface area (Å²) in [5, 5.41) is 1.04.